The van der Waals surface area contributed by atoms with Crippen LogP contribution in [0.3, 0.4) is 0 Å². The fraction of sp³-hybridized carbons (Fsp3) is 0.333. The van der Waals surface area contributed by atoms with Gasteiger partial charge in [0.1, 0.15) is 11.7 Å². The number of carbonyl (C=O) groups is 2. The third-order valence-corrected chi connectivity index (χ3v) is 2.88. The second-order valence-corrected chi connectivity index (χ2v) is 3.67. The molecule has 17 heavy (non-hydrogen) atoms. The van der Waals surface area contributed by atoms with E-state index in [1.54, 1.807) is 12.2 Å². The molecule has 5 nitrogen and oxygen atoms in total. The summed E-state index contributed by atoms with van der Waals surface area (Å²) in [5.74, 6) is -1.21. The maximum atomic E-state index is 11.7. The minimum Gasteiger partial charge on any atom is -0.466 e. The van der Waals surface area contributed by atoms with Gasteiger partial charge in [0.25, 0.3) is 0 Å². The normalized spacial score (nSPS) is 29.4. The molecule has 0 aromatic heterocycles. The van der Waals surface area contributed by atoms with Crippen LogP contribution in [-0.4, -0.2) is 37.9 Å². The summed E-state index contributed by atoms with van der Waals surface area (Å²) in [5.41, 5.74) is -0.738. The van der Waals surface area contributed by atoms with Crippen molar-refractivity contribution in [2.75, 3.05) is 14.2 Å². The summed E-state index contributed by atoms with van der Waals surface area (Å²) in [7, 11) is 2.50. The number of carbonyl (C=O) groups excluding carboxylic acids is 2. The minimum absolute atomic E-state index is 0.148. The van der Waals surface area contributed by atoms with Crippen molar-refractivity contribution >= 4 is 11.9 Å². The van der Waals surface area contributed by atoms with Crippen molar-refractivity contribution in [2.45, 2.75) is 11.7 Å². The van der Waals surface area contributed by atoms with E-state index in [-0.39, 0.29) is 11.1 Å². The molecule has 2 unspecified atom stereocenters. The van der Waals surface area contributed by atoms with Crippen LogP contribution < -0.4 is 0 Å². The van der Waals surface area contributed by atoms with E-state index in [1.165, 1.54) is 20.3 Å². The van der Waals surface area contributed by atoms with Crippen LogP contribution in [0.5, 0.6) is 0 Å². The lowest BCUT2D eigenvalue weighted by Crippen LogP contribution is -2.30. The predicted molar refractivity (Wildman–Crippen MR) is 58.0 cm³/mol. The molecule has 0 radical (unpaired) electrons. The maximum absolute atomic E-state index is 11.7. The van der Waals surface area contributed by atoms with Crippen LogP contribution >= 0.6 is 0 Å². The molecule has 0 aromatic carbocycles. The van der Waals surface area contributed by atoms with Gasteiger partial charge in [0, 0.05) is 0 Å². The quantitative estimate of drug-likeness (QED) is 0.528. The van der Waals surface area contributed by atoms with Gasteiger partial charge in [-0.05, 0) is 6.08 Å². The Kier molecular flexibility index (Phi) is 2.63. The smallest absolute Gasteiger partial charge is 0.338 e. The zero-order valence-electron chi connectivity index (χ0n) is 9.56. The number of esters is 2. The average molecular weight is 236 g/mol. The molecule has 0 aliphatic carbocycles. The first-order chi connectivity index (χ1) is 8.09. The molecule has 2 rings (SSSR count). The third-order valence-electron chi connectivity index (χ3n) is 2.88. The lowest BCUT2D eigenvalue weighted by Gasteiger charge is -2.20. The number of hydrogen-bond donors (Lipinski definition) is 0. The number of rotatable bonds is 3. The monoisotopic (exact) mass is 236 g/mol. The highest BCUT2D eigenvalue weighted by atomic mass is 16.6. The van der Waals surface area contributed by atoms with E-state index in [4.69, 9.17) is 4.74 Å². The molecule has 0 N–H and O–H groups in total. The van der Waals surface area contributed by atoms with Crippen molar-refractivity contribution in [3.8, 4) is 0 Å². The van der Waals surface area contributed by atoms with Crippen molar-refractivity contribution in [1.29, 1.82) is 0 Å². The number of methoxy groups -OCH3 is 2. The Morgan fingerprint density at radius 3 is 2.59 bits per heavy atom. The van der Waals surface area contributed by atoms with Gasteiger partial charge >= 0.3 is 11.9 Å². The van der Waals surface area contributed by atoms with Gasteiger partial charge in [-0.2, -0.15) is 0 Å². The molecule has 2 bridgehead atoms. The number of hydrogen-bond acceptors (Lipinski definition) is 5. The molecular formula is C12H12O5. The van der Waals surface area contributed by atoms with Crippen molar-refractivity contribution in [3.05, 3.63) is 36.0 Å². The van der Waals surface area contributed by atoms with Crippen LogP contribution in [0.2, 0.25) is 0 Å². The Balaban J connectivity index is 2.57. The number of ether oxygens (including phenoxy) is 3. The van der Waals surface area contributed by atoms with Gasteiger partial charge in [0.2, 0.25) is 0 Å². The lowest BCUT2D eigenvalue weighted by molar-refractivity contribution is -0.139. The van der Waals surface area contributed by atoms with Crippen molar-refractivity contribution in [2.24, 2.45) is 0 Å². The Morgan fingerprint density at radius 1 is 1.41 bits per heavy atom. The second-order valence-electron chi connectivity index (χ2n) is 3.67. The van der Waals surface area contributed by atoms with Crippen molar-refractivity contribution in [3.63, 3.8) is 0 Å². The van der Waals surface area contributed by atoms with E-state index in [2.05, 4.69) is 16.1 Å². The summed E-state index contributed by atoms with van der Waals surface area (Å²) in [5, 5.41) is 0. The average Bonchev–Trinajstić information content (AvgIpc) is 2.92. The van der Waals surface area contributed by atoms with Gasteiger partial charge in [-0.25, -0.2) is 9.59 Å². The van der Waals surface area contributed by atoms with Gasteiger partial charge in [0.15, 0.2) is 0 Å². The largest absolute Gasteiger partial charge is 0.466 e. The highest BCUT2D eigenvalue weighted by Crippen LogP contribution is 2.44. The van der Waals surface area contributed by atoms with E-state index in [1.807, 2.05) is 0 Å². The Morgan fingerprint density at radius 2 is 2.06 bits per heavy atom. The molecule has 0 aromatic rings. The summed E-state index contributed by atoms with van der Waals surface area (Å²) in [6.07, 6.45) is 4.27. The fourth-order valence-corrected chi connectivity index (χ4v) is 2.09. The first-order valence-corrected chi connectivity index (χ1v) is 5.01. The van der Waals surface area contributed by atoms with Crippen LogP contribution in [-0.2, 0) is 23.8 Å². The molecule has 0 spiro atoms. The zero-order valence-corrected chi connectivity index (χ0v) is 9.56. The molecule has 0 saturated heterocycles. The van der Waals surface area contributed by atoms with Gasteiger partial charge in [-0.15, -0.1) is 0 Å². The molecule has 2 heterocycles. The Hall–Kier alpha value is -1.88. The summed E-state index contributed by atoms with van der Waals surface area (Å²) >= 11 is 0. The molecule has 2 aliphatic rings. The molecule has 0 fully saturated rings. The SMILES string of the molecule is C=CC12C=CC(O1)C(C(=O)OC)=C2C(=O)OC. The minimum atomic E-state index is -1.07. The van der Waals surface area contributed by atoms with Crippen LogP contribution in [0, 0.1) is 0 Å². The predicted octanol–water partition coefficient (Wildman–Crippen LogP) is 0.522. The van der Waals surface area contributed by atoms with Crippen LogP contribution in [0.4, 0.5) is 0 Å². The highest BCUT2D eigenvalue weighted by Gasteiger charge is 2.52. The lowest BCUT2D eigenvalue weighted by atomic mass is 9.87. The van der Waals surface area contributed by atoms with Gasteiger partial charge < -0.3 is 14.2 Å². The fourth-order valence-electron chi connectivity index (χ4n) is 2.09. The van der Waals surface area contributed by atoms with Crippen molar-refractivity contribution < 1.29 is 23.8 Å². The van der Waals surface area contributed by atoms with Gasteiger partial charge in [0.05, 0.1) is 25.4 Å². The molecule has 0 amide bonds. The zero-order chi connectivity index (χ0) is 12.6. The maximum Gasteiger partial charge on any atom is 0.338 e. The van der Waals surface area contributed by atoms with E-state index < -0.39 is 23.6 Å². The van der Waals surface area contributed by atoms with Gasteiger partial charge in [-0.3, -0.25) is 0 Å². The topological polar surface area (TPSA) is 61.8 Å². The van der Waals surface area contributed by atoms with Gasteiger partial charge in [-0.1, -0.05) is 18.7 Å². The van der Waals surface area contributed by atoms with E-state index in [9.17, 15) is 9.59 Å². The Labute approximate surface area is 98.3 Å². The van der Waals surface area contributed by atoms with Crippen molar-refractivity contribution in [1.82, 2.24) is 0 Å². The van der Waals surface area contributed by atoms with E-state index >= 15 is 0 Å². The summed E-state index contributed by atoms with van der Waals surface area (Å²) < 4.78 is 14.9. The molecule has 2 atom stereocenters. The van der Waals surface area contributed by atoms with Crippen LogP contribution in [0.15, 0.2) is 36.0 Å². The Bertz CT molecular complexity index is 460. The molecule has 5 heteroatoms. The summed E-state index contributed by atoms with van der Waals surface area (Å²) in [6, 6.07) is 0. The van der Waals surface area contributed by atoms with E-state index in [0.29, 0.717) is 0 Å². The number of fused-ring (bicyclic) bond motifs is 2. The first-order valence-electron chi connectivity index (χ1n) is 5.01. The molecule has 0 saturated carbocycles. The first kappa shape index (κ1) is 11.6. The third kappa shape index (κ3) is 1.43. The van der Waals surface area contributed by atoms with E-state index in [0.717, 1.165) is 0 Å². The standard InChI is InChI=1S/C12H12O5/c1-4-12-6-5-7(17-12)8(10(13)15-2)9(12)11(14)16-3/h4-7H,1H2,2-3H3. The van der Waals surface area contributed by atoms with Crippen LogP contribution in [0.25, 0.3) is 0 Å². The second kappa shape index (κ2) is 3.85. The highest BCUT2D eigenvalue weighted by molar-refractivity contribution is 6.05. The molecule has 2 aliphatic heterocycles. The molecule has 90 valence electrons. The summed E-state index contributed by atoms with van der Waals surface area (Å²) in [6.45, 7) is 3.63. The molecular weight excluding hydrogens is 224 g/mol. The summed E-state index contributed by atoms with van der Waals surface area (Å²) in [4.78, 5) is 23.4. The van der Waals surface area contributed by atoms with Crippen LogP contribution in [0.1, 0.15) is 0 Å².